The average Bonchev–Trinajstić information content (AvgIpc) is 2.51. The Bertz CT molecular complexity index is 202. The molecule has 0 saturated heterocycles. The van der Waals surface area contributed by atoms with Crippen LogP contribution in [0.4, 0.5) is 0 Å². The molecule has 1 atom stereocenters. The molecule has 0 aromatic carbocycles. The van der Waals surface area contributed by atoms with Gasteiger partial charge in [-0.3, -0.25) is 0 Å². The van der Waals surface area contributed by atoms with E-state index < -0.39 is 0 Å². The molecule has 0 radical (unpaired) electrons. The van der Waals surface area contributed by atoms with E-state index in [0.717, 1.165) is 18.4 Å². The largest absolute Gasteiger partial charge is 0.472 e. The van der Waals surface area contributed by atoms with E-state index in [1.807, 2.05) is 6.07 Å². The third kappa shape index (κ3) is 2.70. The van der Waals surface area contributed by atoms with Crippen LogP contribution in [0.3, 0.4) is 0 Å². The Balaban J connectivity index is 2.34. The summed E-state index contributed by atoms with van der Waals surface area (Å²) in [5, 5.41) is 9.60. The predicted molar refractivity (Wildman–Crippen MR) is 47.7 cm³/mol. The predicted octanol–water partition coefficient (Wildman–Crippen LogP) is 2.75. The van der Waals surface area contributed by atoms with Crippen molar-refractivity contribution in [2.24, 2.45) is 5.92 Å². The van der Waals surface area contributed by atoms with Crippen molar-refractivity contribution in [2.75, 3.05) is 0 Å². The zero-order chi connectivity index (χ0) is 8.97. The molecule has 0 spiro atoms. The number of hydrogen-bond acceptors (Lipinski definition) is 2. The molecule has 1 N–H and O–H groups in total. The minimum absolute atomic E-state index is 0.355. The van der Waals surface area contributed by atoms with Gasteiger partial charge in [0.2, 0.25) is 0 Å². The standard InChI is InChI=1S/C10H16O2/c1-8(2)3-4-10(11)9-5-6-12-7-9/h5-8,10-11H,3-4H2,1-2H3. The lowest BCUT2D eigenvalue weighted by Gasteiger charge is -2.09. The van der Waals surface area contributed by atoms with Crippen molar-refractivity contribution < 1.29 is 9.52 Å². The van der Waals surface area contributed by atoms with Gasteiger partial charge < -0.3 is 9.52 Å². The van der Waals surface area contributed by atoms with Crippen LogP contribution in [0.2, 0.25) is 0 Å². The van der Waals surface area contributed by atoms with Crippen LogP contribution in [-0.4, -0.2) is 5.11 Å². The van der Waals surface area contributed by atoms with Gasteiger partial charge in [-0.1, -0.05) is 13.8 Å². The molecule has 1 aromatic rings. The quantitative estimate of drug-likeness (QED) is 0.749. The summed E-state index contributed by atoms with van der Waals surface area (Å²) in [6.07, 6.45) is 4.70. The number of aliphatic hydroxyl groups excluding tert-OH is 1. The van der Waals surface area contributed by atoms with Crippen molar-refractivity contribution >= 4 is 0 Å². The van der Waals surface area contributed by atoms with Crippen molar-refractivity contribution in [1.82, 2.24) is 0 Å². The van der Waals surface area contributed by atoms with Crippen molar-refractivity contribution in [1.29, 1.82) is 0 Å². The van der Waals surface area contributed by atoms with E-state index in [1.165, 1.54) is 0 Å². The summed E-state index contributed by atoms with van der Waals surface area (Å²) in [5.41, 5.74) is 0.885. The molecule has 0 amide bonds. The lowest BCUT2D eigenvalue weighted by Crippen LogP contribution is -1.98. The second kappa shape index (κ2) is 4.31. The van der Waals surface area contributed by atoms with Crippen LogP contribution in [0, 0.1) is 5.92 Å². The molecule has 1 aromatic heterocycles. The summed E-state index contributed by atoms with van der Waals surface area (Å²) in [7, 11) is 0. The molecule has 0 aliphatic carbocycles. The summed E-state index contributed by atoms with van der Waals surface area (Å²) in [6.45, 7) is 4.31. The van der Waals surface area contributed by atoms with Crippen molar-refractivity contribution in [3.8, 4) is 0 Å². The van der Waals surface area contributed by atoms with Crippen LogP contribution in [0.1, 0.15) is 38.4 Å². The Morgan fingerprint density at radius 3 is 2.67 bits per heavy atom. The third-order valence-corrected chi connectivity index (χ3v) is 1.95. The molecule has 1 heterocycles. The average molecular weight is 168 g/mol. The molecule has 1 rings (SSSR count). The highest BCUT2D eigenvalue weighted by atomic mass is 16.3. The first kappa shape index (κ1) is 9.33. The highest BCUT2D eigenvalue weighted by Crippen LogP contribution is 2.20. The topological polar surface area (TPSA) is 33.4 Å². The summed E-state index contributed by atoms with van der Waals surface area (Å²) in [5.74, 6) is 0.645. The van der Waals surface area contributed by atoms with Gasteiger partial charge in [0.15, 0.2) is 0 Å². The maximum Gasteiger partial charge on any atom is 0.0960 e. The van der Waals surface area contributed by atoms with Crippen LogP contribution in [0.15, 0.2) is 23.0 Å². The molecule has 0 bridgehead atoms. The van der Waals surface area contributed by atoms with Gasteiger partial charge in [0, 0.05) is 5.56 Å². The van der Waals surface area contributed by atoms with E-state index in [9.17, 15) is 5.11 Å². The molecule has 12 heavy (non-hydrogen) atoms. The number of hydrogen-bond donors (Lipinski definition) is 1. The Hall–Kier alpha value is -0.760. The summed E-state index contributed by atoms with van der Waals surface area (Å²) < 4.78 is 4.88. The number of aliphatic hydroxyl groups is 1. The maximum atomic E-state index is 9.60. The fourth-order valence-corrected chi connectivity index (χ4v) is 1.12. The molecular weight excluding hydrogens is 152 g/mol. The molecule has 2 nitrogen and oxygen atoms in total. The van der Waals surface area contributed by atoms with Gasteiger partial charge in [0.25, 0.3) is 0 Å². The molecule has 68 valence electrons. The second-order valence-corrected chi connectivity index (χ2v) is 3.54. The van der Waals surface area contributed by atoms with Crippen LogP contribution in [0.25, 0.3) is 0 Å². The third-order valence-electron chi connectivity index (χ3n) is 1.95. The zero-order valence-corrected chi connectivity index (χ0v) is 7.66. The fourth-order valence-electron chi connectivity index (χ4n) is 1.12. The zero-order valence-electron chi connectivity index (χ0n) is 7.66. The molecular formula is C10H16O2. The number of rotatable bonds is 4. The first-order valence-corrected chi connectivity index (χ1v) is 4.40. The van der Waals surface area contributed by atoms with Crippen LogP contribution < -0.4 is 0 Å². The number of furan rings is 1. The Labute approximate surface area is 73.2 Å². The van der Waals surface area contributed by atoms with E-state index in [1.54, 1.807) is 12.5 Å². The highest BCUT2D eigenvalue weighted by molar-refractivity contribution is 5.08. The van der Waals surface area contributed by atoms with Crippen molar-refractivity contribution in [3.63, 3.8) is 0 Å². The molecule has 1 unspecified atom stereocenters. The lowest BCUT2D eigenvalue weighted by atomic mass is 10.0. The molecule has 0 saturated carbocycles. The van der Waals surface area contributed by atoms with Gasteiger partial charge in [-0.2, -0.15) is 0 Å². The smallest absolute Gasteiger partial charge is 0.0960 e. The normalized spacial score (nSPS) is 13.7. The maximum absolute atomic E-state index is 9.60. The first-order chi connectivity index (χ1) is 5.70. The Kier molecular flexibility index (Phi) is 3.35. The molecule has 0 fully saturated rings. The Morgan fingerprint density at radius 1 is 1.42 bits per heavy atom. The Morgan fingerprint density at radius 2 is 2.17 bits per heavy atom. The van der Waals surface area contributed by atoms with E-state index in [4.69, 9.17) is 4.42 Å². The highest BCUT2D eigenvalue weighted by Gasteiger charge is 2.08. The van der Waals surface area contributed by atoms with Crippen LogP contribution >= 0.6 is 0 Å². The monoisotopic (exact) mass is 168 g/mol. The van der Waals surface area contributed by atoms with E-state index in [2.05, 4.69) is 13.8 Å². The van der Waals surface area contributed by atoms with Gasteiger partial charge >= 0.3 is 0 Å². The lowest BCUT2D eigenvalue weighted by molar-refractivity contribution is 0.158. The van der Waals surface area contributed by atoms with Crippen molar-refractivity contribution in [3.05, 3.63) is 24.2 Å². The molecule has 2 heteroatoms. The van der Waals surface area contributed by atoms with Gasteiger partial charge in [-0.05, 0) is 24.8 Å². The summed E-state index contributed by atoms with van der Waals surface area (Å²) >= 11 is 0. The second-order valence-electron chi connectivity index (χ2n) is 3.54. The van der Waals surface area contributed by atoms with E-state index in [0.29, 0.717) is 5.92 Å². The fraction of sp³-hybridized carbons (Fsp3) is 0.600. The van der Waals surface area contributed by atoms with Gasteiger partial charge in [-0.15, -0.1) is 0 Å². The molecule has 0 aliphatic rings. The first-order valence-electron chi connectivity index (χ1n) is 4.40. The molecule has 0 aliphatic heterocycles. The van der Waals surface area contributed by atoms with Crippen molar-refractivity contribution in [2.45, 2.75) is 32.8 Å². The van der Waals surface area contributed by atoms with Gasteiger partial charge in [0.1, 0.15) is 0 Å². The SMILES string of the molecule is CC(C)CCC(O)c1ccoc1. The van der Waals surface area contributed by atoms with E-state index >= 15 is 0 Å². The van der Waals surface area contributed by atoms with E-state index in [-0.39, 0.29) is 6.10 Å². The summed E-state index contributed by atoms with van der Waals surface area (Å²) in [4.78, 5) is 0. The van der Waals surface area contributed by atoms with Gasteiger partial charge in [0.05, 0.1) is 18.6 Å². The van der Waals surface area contributed by atoms with Crippen LogP contribution in [0.5, 0.6) is 0 Å². The summed E-state index contributed by atoms with van der Waals surface area (Å²) in [6, 6.07) is 1.81. The minimum Gasteiger partial charge on any atom is -0.472 e. The van der Waals surface area contributed by atoms with Crippen LogP contribution in [-0.2, 0) is 0 Å². The van der Waals surface area contributed by atoms with Gasteiger partial charge in [-0.25, -0.2) is 0 Å². The minimum atomic E-state index is -0.355.